The number of ether oxygens (including phenoxy) is 1. The molecule has 1 saturated carbocycles. The van der Waals surface area contributed by atoms with Crippen molar-refractivity contribution >= 4 is 17.8 Å². The molecule has 1 aromatic rings. The number of piperidine rings is 1. The Morgan fingerprint density at radius 3 is 2.86 bits per heavy atom. The van der Waals surface area contributed by atoms with Crippen molar-refractivity contribution in [1.82, 2.24) is 4.90 Å². The van der Waals surface area contributed by atoms with Gasteiger partial charge in [0.1, 0.15) is 6.61 Å². The molecular formula is C23H32N2O3. The van der Waals surface area contributed by atoms with E-state index < -0.39 is 0 Å². The van der Waals surface area contributed by atoms with Crippen molar-refractivity contribution in [2.75, 3.05) is 32.8 Å². The minimum absolute atomic E-state index is 0.00114. The number of carbonyl (C=O) groups is 1. The molecule has 0 bridgehead atoms. The van der Waals surface area contributed by atoms with Crippen molar-refractivity contribution in [3.63, 3.8) is 0 Å². The van der Waals surface area contributed by atoms with Gasteiger partial charge in [0.05, 0.1) is 18.2 Å². The van der Waals surface area contributed by atoms with Gasteiger partial charge in [-0.25, -0.2) is 0 Å². The number of oxime groups is 1. The molecule has 3 rings (SSSR count). The van der Waals surface area contributed by atoms with E-state index >= 15 is 0 Å². The van der Waals surface area contributed by atoms with E-state index in [1.54, 1.807) is 0 Å². The summed E-state index contributed by atoms with van der Waals surface area (Å²) in [5.41, 5.74) is 3.58. The van der Waals surface area contributed by atoms with E-state index in [1.165, 1.54) is 24.0 Å². The average molecular weight is 385 g/mol. The molecule has 152 valence electrons. The van der Waals surface area contributed by atoms with Crippen molar-refractivity contribution < 1.29 is 14.4 Å². The third kappa shape index (κ3) is 6.20. The third-order valence-electron chi connectivity index (χ3n) is 5.42. The first-order chi connectivity index (χ1) is 13.8. The highest BCUT2D eigenvalue weighted by atomic mass is 16.6. The zero-order valence-corrected chi connectivity index (χ0v) is 16.9. The van der Waals surface area contributed by atoms with Gasteiger partial charge in [0.2, 0.25) is 0 Å². The topological polar surface area (TPSA) is 51.1 Å². The largest absolute Gasteiger partial charge is 0.466 e. The molecule has 0 aromatic heterocycles. The van der Waals surface area contributed by atoms with Crippen molar-refractivity contribution in [3.8, 4) is 0 Å². The molecule has 0 spiro atoms. The second-order valence-corrected chi connectivity index (χ2v) is 7.55. The van der Waals surface area contributed by atoms with Crippen molar-refractivity contribution in [1.29, 1.82) is 0 Å². The quantitative estimate of drug-likeness (QED) is 0.400. The Morgan fingerprint density at radius 1 is 1.21 bits per heavy atom. The van der Waals surface area contributed by atoms with E-state index in [0.29, 0.717) is 13.2 Å². The number of benzene rings is 1. The van der Waals surface area contributed by atoms with E-state index in [1.807, 2.05) is 13.0 Å². The van der Waals surface area contributed by atoms with Gasteiger partial charge in [-0.05, 0) is 69.2 Å². The van der Waals surface area contributed by atoms with Gasteiger partial charge < -0.3 is 9.57 Å². The Labute approximate surface area is 168 Å². The van der Waals surface area contributed by atoms with Gasteiger partial charge in [-0.15, -0.1) is 0 Å². The van der Waals surface area contributed by atoms with Gasteiger partial charge in [0.15, 0.2) is 0 Å². The van der Waals surface area contributed by atoms with Crippen LogP contribution in [0.15, 0.2) is 41.1 Å². The summed E-state index contributed by atoms with van der Waals surface area (Å²) in [5, 5.41) is 4.46. The molecule has 0 amide bonds. The van der Waals surface area contributed by atoms with Crippen LogP contribution >= 0.6 is 0 Å². The maximum absolute atomic E-state index is 12.0. The molecular weight excluding hydrogens is 352 g/mol. The Kier molecular flexibility index (Phi) is 8.09. The van der Waals surface area contributed by atoms with Crippen LogP contribution in [0.4, 0.5) is 0 Å². The molecule has 5 heteroatoms. The zero-order chi connectivity index (χ0) is 19.6. The summed E-state index contributed by atoms with van der Waals surface area (Å²) in [4.78, 5) is 19.9. The highest BCUT2D eigenvalue weighted by Crippen LogP contribution is 2.24. The van der Waals surface area contributed by atoms with Gasteiger partial charge in [-0.2, -0.15) is 0 Å². The molecule has 1 aliphatic heterocycles. The summed E-state index contributed by atoms with van der Waals surface area (Å²) in [5.74, 6) is -0.0648. The summed E-state index contributed by atoms with van der Waals surface area (Å²) < 4.78 is 5.17. The molecule has 1 aromatic carbocycles. The lowest BCUT2D eigenvalue weighted by Gasteiger charge is -2.30. The van der Waals surface area contributed by atoms with Crippen LogP contribution in [0.5, 0.6) is 0 Å². The number of carbonyl (C=O) groups excluding carboxylic acids is 1. The lowest BCUT2D eigenvalue weighted by atomic mass is 9.91. The molecule has 1 saturated heterocycles. The number of hydrogen-bond acceptors (Lipinski definition) is 5. The van der Waals surface area contributed by atoms with E-state index in [4.69, 9.17) is 9.57 Å². The molecule has 1 atom stereocenters. The molecule has 2 aliphatic rings. The molecule has 5 nitrogen and oxygen atoms in total. The Hall–Kier alpha value is -2.14. The highest BCUT2D eigenvalue weighted by molar-refractivity contribution is 6.03. The smallest absolute Gasteiger partial charge is 0.310 e. The van der Waals surface area contributed by atoms with Crippen molar-refractivity contribution in [3.05, 3.63) is 41.5 Å². The normalized spacial score (nSPS) is 23.7. The fraction of sp³-hybridized carbons (Fsp3) is 0.565. The van der Waals surface area contributed by atoms with Crippen LogP contribution < -0.4 is 0 Å². The average Bonchev–Trinajstić information content (AvgIpc) is 2.73. The summed E-state index contributed by atoms with van der Waals surface area (Å²) in [6.07, 6.45) is 8.60. The van der Waals surface area contributed by atoms with Crippen LogP contribution in [-0.4, -0.2) is 49.4 Å². The maximum Gasteiger partial charge on any atom is 0.310 e. The number of nitrogens with zero attached hydrogens (tertiary/aromatic N) is 2. The van der Waals surface area contributed by atoms with Gasteiger partial charge in [-0.3, -0.25) is 9.69 Å². The van der Waals surface area contributed by atoms with Crippen LogP contribution in [-0.2, 0) is 14.4 Å². The second kappa shape index (κ2) is 11.0. The number of likely N-dealkylation sites (tertiary alicyclic amines) is 1. The zero-order valence-electron chi connectivity index (χ0n) is 16.9. The SMILES string of the molecule is CCOC(=O)C1CCCN(CCON=C2CCCCC2=Cc2ccccc2)C1. The van der Waals surface area contributed by atoms with Crippen LogP contribution in [0, 0.1) is 5.92 Å². The van der Waals surface area contributed by atoms with Crippen molar-refractivity contribution in [2.45, 2.75) is 45.4 Å². The molecule has 0 radical (unpaired) electrons. The minimum Gasteiger partial charge on any atom is -0.466 e. The Bertz CT molecular complexity index is 684. The van der Waals surface area contributed by atoms with Gasteiger partial charge in [0.25, 0.3) is 0 Å². The monoisotopic (exact) mass is 384 g/mol. The molecule has 1 unspecified atom stereocenters. The standard InChI is InChI=1S/C23H32N2O3/c1-2-27-23(26)21-12-8-14-25(18-21)15-16-28-24-22-13-7-6-11-20(22)17-19-9-4-3-5-10-19/h3-5,9-10,17,21H,2,6-8,11-16,18H2,1H3. The third-order valence-corrected chi connectivity index (χ3v) is 5.42. The predicted octanol–water partition coefficient (Wildman–Crippen LogP) is 4.29. The Morgan fingerprint density at radius 2 is 2.04 bits per heavy atom. The van der Waals surface area contributed by atoms with Crippen LogP contribution in [0.25, 0.3) is 6.08 Å². The van der Waals surface area contributed by atoms with E-state index in [0.717, 1.165) is 51.0 Å². The van der Waals surface area contributed by atoms with Crippen LogP contribution in [0.1, 0.15) is 51.0 Å². The van der Waals surface area contributed by atoms with E-state index in [9.17, 15) is 4.79 Å². The Balaban J connectivity index is 1.49. The number of allylic oxidation sites excluding steroid dienone is 1. The van der Waals surface area contributed by atoms with Crippen LogP contribution in [0.2, 0.25) is 0 Å². The van der Waals surface area contributed by atoms with Crippen molar-refractivity contribution in [2.24, 2.45) is 11.1 Å². The maximum atomic E-state index is 12.0. The van der Waals surface area contributed by atoms with Gasteiger partial charge in [-0.1, -0.05) is 35.5 Å². The van der Waals surface area contributed by atoms with Gasteiger partial charge >= 0.3 is 5.97 Å². The fourth-order valence-corrected chi connectivity index (χ4v) is 3.93. The van der Waals surface area contributed by atoms with Gasteiger partial charge in [0, 0.05) is 13.1 Å². The summed E-state index contributed by atoms with van der Waals surface area (Å²) >= 11 is 0. The summed E-state index contributed by atoms with van der Waals surface area (Å²) in [7, 11) is 0. The first-order valence-corrected chi connectivity index (χ1v) is 10.6. The molecule has 0 N–H and O–H groups in total. The first-order valence-electron chi connectivity index (χ1n) is 10.6. The second-order valence-electron chi connectivity index (χ2n) is 7.55. The molecule has 1 heterocycles. The van der Waals surface area contributed by atoms with E-state index in [2.05, 4.69) is 40.4 Å². The fourth-order valence-electron chi connectivity index (χ4n) is 3.93. The molecule has 28 heavy (non-hydrogen) atoms. The highest BCUT2D eigenvalue weighted by Gasteiger charge is 2.26. The van der Waals surface area contributed by atoms with Crippen LogP contribution in [0.3, 0.4) is 0 Å². The first kappa shape index (κ1) is 20.6. The lowest BCUT2D eigenvalue weighted by molar-refractivity contribution is -0.150. The van der Waals surface area contributed by atoms with E-state index in [-0.39, 0.29) is 11.9 Å². The number of esters is 1. The number of rotatable bonds is 7. The number of hydrogen-bond donors (Lipinski definition) is 0. The minimum atomic E-state index is -0.0636. The summed E-state index contributed by atoms with van der Waals surface area (Å²) in [6.45, 7) is 5.43. The predicted molar refractivity (Wildman–Crippen MR) is 112 cm³/mol. The summed E-state index contributed by atoms with van der Waals surface area (Å²) in [6, 6.07) is 10.4. The molecule has 2 fully saturated rings. The molecule has 1 aliphatic carbocycles. The lowest BCUT2D eigenvalue weighted by Crippen LogP contribution is -2.40.